The second kappa shape index (κ2) is 6.52. The van der Waals surface area contributed by atoms with Gasteiger partial charge in [0.2, 0.25) is 11.8 Å². The van der Waals surface area contributed by atoms with E-state index in [9.17, 15) is 14.2 Å². The number of nitrogens with zero attached hydrogens (tertiary/aromatic N) is 1. The van der Waals surface area contributed by atoms with E-state index in [2.05, 4.69) is 0 Å². The van der Waals surface area contributed by atoms with Crippen molar-refractivity contribution in [2.45, 2.75) is 25.9 Å². The van der Waals surface area contributed by atoms with Crippen molar-refractivity contribution in [2.24, 2.45) is 0 Å². The Morgan fingerprint density at radius 2 is 1.71 bits per heavy atom. The van der Waals surface area contributed by atoms with Crippen LogP contribution in [-0.4, -0.2) is 30.7 Å². The van der Waals surface area contributed by atoms with Gasteiger partial charge < -0.3 is 9.05 Å². The van der Waals surface area contributed by atoms with Gasteiger partial charge in [0.1, 0.15) is 5.66 Å². The van der Waals surface area contributed by atoms with E-state index < -0.39 is 25.1 Å². The molecule has 1 atom stereocenters. The first-order valence-electron chi connectivity index (χ1n) is 6.84. The molecule has 0 N–H and O–H groups in total. The molecule has 2 amide bonds. The van der Waals surface area contributed by atoms with Crippen LogP contribution < -0.4 is 4.90 Å². The number of carbonyl (C=O) groups is 2. The van der Waals surface area contributed by atoms with E-state index in [4.69, 9.17) is 9.05 Å². The first kappa shape index (κ1) is 15.9. The van der Waals surface area contributed by atoms with E-state index in [1.54, 1.807) is 44.2 Å². The Kier molecular flexibility index (Phi) is 4.93. The van der Waals surface area contributed by atoms with Gasteiger partial charge in [-0.15, -0.1) is 0 Å². The van der Waals surface area contributed by atoms with Gasteiger partial charge in [0.15, 0.2) is 0 Å². The number of anilines is 1. The van der Waals surface area contributed by atoms with Crippen molar-refractivity contribution in [2.75, 3.05) is 18.1 Å². The molecule has 0 saturated carbocycles. The van der Waals surface area contributed by atoms with Gasteiger partial charge in [0.05, 0.1) is 25.3 Å². The summed E-state index contributed by atoms with van der Waals surface area (Å²) in [6.07, 6.45) is -0.162. The minimum absolute atomic E-state index is 0.153. The fraction of sp³-hybridized carbons (Fsp3) is 0.429. The third kappa shape index (κ3) is 3.07. The summed E-state index contributed by atoms with van der Waals surface area (Å²) in [6, 6.07) is 8.56. The van der Waals surface area contributed by atoms with Crippen LogP contribution in [0.15, 0.2) is 30.3 Å². The van der Waals surface area contributed by atoms with Gasteiger partial charge in [-0.3, -0.25) is 14.2 Å². The van der Waals surface area contributed by atoms with Crippen molar-refractivity contribution < 1.29 is 23.2 Å². The molecular weight excluding hydrogens is 293 g/mol. The Morgan fingerprint density at radius 1 is 1.14 bits per heavy atom. The number of rotatable bonds is 6. The summed E-state index contributed by atoms with van der Waals surface area (Å²) in [5.41, 5.74) is -0.598. The average Bonchev–Trinajstić information content (AvgIpc) is 2.76. The molecule has 1 aliphatic rings. The van der Waals surface area contributed by atoms with Crippen molar-refractivity contribution in [3.05, 3.63) is 30.3 Å². The van der Waals surface area contributed by atoms with Crippen LogP contribution in [0.25, 0.3) is 0 Å². The molecule has 1 aromatic rings. The molecule has 6 nitrogen and oxygen atoms in total. The molecule has 1 heterocycles. The van der Waals surface area contributed by atoms with E-state index in [1.165, 1.54) is 0 Å². The van der Waals surface area contributed by atoms with E-state index in [0.29, 0.717) is 5.69 Å². The first-order valence-corrected chi connectivity index (χ1v) is 8.45. The Morgan fingerprint density at radius 3 is 2.24 bits per heavy atom. The maximum absolute atomic E-state index is 12.7. The van der Waals surface area contributed by atoms with Gasteiger partial charge in [0.25, 0.3) is 0 Å². The zero-order valence-electron chi connectivity index (χ0n) is 12.0. The summed E-state index contributed by atoms with van der Waals surface area (Å²) in [5, 5.41) is 0. The average molecular weight is 311 g/mol. The fourth-order valence-electron chi connectivity index (χ4n) is 2.29. The number of carbonyl (C=O) groups excluding carboxylic acids is 2. The summed E-state index contributed by atoms with van der Waals surface area (Å²) < 4.78 is 23.1. The number of imide groups is 1. The van der Waals surface area contributed by atoms with Gasteiger partial charge in [-0.1, -0.05) is 18.2 Å². The number of hydrogen-bond acceptors (Lipinski definition) is 5. The summed E-state index contributed by atoms with van der Waals surface area (Å²) in [5.74, 6) is -0.924. The normalized spacial score (nSPS) is 19.3. The van der Waals surface area contributed by atoms with Crippen molar-refractivity contribution in [3.63, 3.8) is 0 Å². The molecule has 1 saturated heterocycles. The number of hydrogen-bond donors (Lipinski definition) is 0. The van der Waals surface area contributed by atoms with Crippen LogP contribution >= 0.6 is 7.60 Å². The molecule has 1 aromatic carbocycles. The number of amides is 2. The number of para-hydroxylation sites is 1. The topological polar surface area (TPSA) is 72.9 Å². The van der Waals surface area contributed by atoms with Gasteiger partial charge in [-0.2, -0.15) is 0 Å². The summed E-state index contributed by atoms with van der Waals surface area (Å²) in [6.45, 7) is 3.64. The summed E-state index contributed by atoms with van der Waals surface area (Å²) in [7, 11) is -3.63. The molecule has 1 unspecified atom stereocenters. The van der Waals surface area contributed by atoms with Crippen molar-refractivity contribution in [1.29, 1.82) is 0 Å². The lowest BCUT2D eigenvalue weighted by atomic mass is 10.3. The Labute approximate surface area is 123 Å². The summed E-state index contributed by atoms with van der Waals surface area (Å²) in [4.78, 5) is 25.7. The van der Waals surface area contributed by atoms with Crippen LogP contribution in [-0.2, 0) is 23.2 Å². The lowest BCUT2D eigenvalue weighted by molar-refractivity contribution is -0.121. The standard InChI is InChI=1S/C14H18NO5P/c1-3-19-21(18,20-4-2)12-10-13(16)15(14(12)17)11-8-6-5-7-9-11/h5-9,12H,3-4,10H2,1-2H3. The molecule has 0 aromatic heterocycles. The molecule has 0 aliphatic carbocycles. The van der Waals surface area contributed by atoms with Gasteiger partial charge in [-0.25, -0.2) is 4.90 Å². The Bertz CT molecular complexity index is 564. The SMILES string of the molecule is CCOP(=O)(OCC)C1CC(=O)N(c2ccccc2)C1=O. The highest BCUT2D eigenvalue weighted by molar-refractivity contribution is 7.56. The molecule has 1 fully saturated rings. The molecule has 0 bridgehead atoms. The lowest BCUT2D eigenvalue weighted by Crippen LogP contribution is -2.32. The van der Waals surface area contributed by atoms with Gasteiger partial charge in [0, 0.05) is 0 Å². The van der Waals surface area contributed by atoms with E-state index >= 15 is 0 Å². The molecule has 2 rings (SSSR count). The van der Waals surface area contributed by atoms with Gasteiger partial charge >= 0.3 is 7.60 Å². The minimum Gasteiger partial charge on any atom is -0.308 e. The second-order valence-electron chi connectivity index (χ2n) is 4.50. The third-order valence-electron chi connectivity index (χ3n) is 3.14. The molecular formula is C14H18NO5P. The minimum atomic E-state index is -3.63. The molecule has 0 radical (unpaired) electrons. The lowest BCUT2D eigenvalue weighted by Gasteiger charge is -2.21. The van der Waals surface area contributed by atoms with Crippen LogP contribution in [0.1, 0.15) is 20.3 Å². The molecule has 7 heteroatoms. The highest BCUT2D eigenvalue weighted by Gasteiger charge is 2.51. The molecule has 21 heavy (non-hydrogen) atoms. The van der Waals surface area contributed by atoms with Crippen LogP contribution in [0.2, 0.25) is 0 Å². The highest BCUT2D eigenvalue weighted by atomic mass is 31.2. The molecule has 114 valence electrons. The van der Waals surface area contributed by atoms with Crippen LogP contribution in [0, 0.1) is 0 Å². The zero-order chi connectivity index (χ0) is 15.5. The third-order valence-corrected chi connectivity index (χ3v) is 5.54. The van der Waals surface area contributed by atoms with Crippen molar-refractivity contribution >= 4 is 25.1 Å². The first-order chi connectivity index (χ1) is 10.0. The maximum atomic E-state index is 12.7. The van der Waals surface area contributed by atoms with E-state index in [1.807, 2.05) is 0 Å². The Hall–Kier alpha value is -1.49. The largest absolute Gasteiger partial charge is 0.343 e. The summed E-state index contributed by atoms with van der Waals surface area (Å²) >= 11 is 0. The fourth-order valence-corrected chi connectivity index (χ4v) is 4.21. The van der Waals surface area contributed by atoms with Crippen LogP contribution in [0.4, 0.5) is 5.69 Å². The maximum Gasteiger partial charge on any atom is 0.343 e. The van der Waals surface area contributed by atoms with Crippen molar-refractivity contribution in [1.82, 2.24) is 0 Å². The highest BCUT2D eigenvalue weighted by Crippen LogP contribution is 2.56. The Balaban J connectivity index is 2.31. The zero-order valence-corrected chi connectivity index (χ0v) is 12.9. The van der Waals surface area contributed by atoms with E-state index in [0.717, 1.165) is 4.90 Å². The monoisotopic (exact) mass is 311 g/mol. The molecule has 1 aliphatic heterocycles. The van der Waals surface area contributed by atoms with Crippen molar-refractivity contribution in [3.8, 4) is 0 Å². The number of benzene rings is 1. The van der Waals surface area contributed by atoms with Crippen LogP contribution in [0.3, 0.4) is 0 Å². The molecule has 0 spiro atoms. The smallest absolute Gasteiger partial charge is 0.308 e. The van der Waals surface area contributed by atoms with Gasteiger partial charge in [-0.05, 0) is 26.0 Å². The predicted molar refractivity (Wildman–Crippen MR) is 78.2 cm³/mol. The van der Waals surface area contributed by atoms with E-state index in [-0.39, 0.29) is 19.6 Å². The van der Waals surface area contributed by atoms with Crippen LogP contribution in [0.5, 0.6) is 0 Å². The predicted octanol–water partition coefficient (Wildman–Crippen LogP) is 2.58. The quantitative estimate of drug-likeness (QED) is 0.596. The second-order valence-corrected chi connectivity index (χ2v) is 6.72.